The summed E-state index contributed by atoms with van der Waals surface area (Å²) in [6, 6.07) is 7.75. The summed E-state index contributed by atoms with van der Waals surface area (Å²) in [5, 5.41) is 12.5. The van der Waals surface area contributed by atoms with Crippen LogP contribution in [-0.4, -0.2) is 25.0 Å². The third-order valence-corrected chi connectivity index (χ3v) is 4.01. The van der Waals surface area contributed by atoms with Crippen molar-refractivity contribution in [2.45, 2.75) is 38.6 Å². The van der Waals surface area contributed by atoms with Gasteiger partial charge in [-0.2, -0.15) is 5.26 Å². The number of nitriles is 1. The Morgan fingerprint density at radius 2 is 2.38 bits per heavy atom. The standard InChI is InChI=1S/C16H20ClN3O/c1-2-4-16(21)19-13-5-3-8-20(11-13)14-7-6-12(10-18)15(17)9-14/h6-7,9,13H,2-5,8,11H2,1H3,(H,19,21). The van der Waals surface area contributed by atoms with Crippen LogP contribution in [0.4, 0.5) is 5.69 Å². The molecule has 112 valence electrons. The molecule has 0 spiro atoms. The van der Waals surface area contributed by atoms with Crippen LogP contribution >= 0.6 is 11.6 Å². The number of amides is 1. The van der Waals surface area contributed by atoms with Gasteiger partial charge in [0.05, 0.1) is 10.6 Å². The fourth-order valence-electron chi connectivity index (χ4n) is 2.65. The summed E-state index contributed by atoms with van der Waals surface area (Å²) in [5.41, 5.74) is 1.50. The molecule has 1 aliphatic rings. The van der Waals surface area contributed by atoms with E-state index in [1.165, 1.54) is 0 Å². The molecule has 2 rings (SSSR count). The van der Waals surface area contributed by atoms with Crippen LogP contribution in [0.15, 0.2) is 18.2 Å². The lowest BCUT2D eigenvalue weighted by molar-refractivity contribution is -0.121. The van der Waals surface area contributed by atoms with Gasteiger partial charge in [0.25, 0.3) is 0 Å². The average molecular weight is 306 g/mol. The molecule has 5 heteroatoms. The molecule has 1 N–H and O–H groups in total. The van der Waals surface area contributed by atoms with Gasteiger partial charge in [-0.1, -0.05) is 18.5 Å². The smallest absolute Gasteiger partial charge is 0.220 e. The minimum absolute atomic E-state index is 0.127. The predicted octanol–water partition coefficient (Wildman–Crippen LogP) is 3.10. The first kappa shape index (κ1) is 15.7. The topological polar surface area (TPSA) is 56.1 Å². The number of carbonyl (C=O) groups is 1. The molecule has 21 heavy (non-hydrogen) atoms. The van der Waals surface area contributed by atoms with Crippen LogP contribution in [0.1, 0.15) is 38.2 Å². The fourth-order valence-corrected chi connectivity index (χ4v) is 2.86. The third-order valence-electron chi connectivity index (χ3n) is 3.70. The average Bonchev–Trinajstić information content (AvgIpc) is 2.47. The van der Waals surface area contributed by atoms with Gasteiger partial charge in [0.2, 0.25) is 5.91 Å². The highest BCUT2D eigenvalue weighted by molar-refractivity contribution is 6.32. The molecular formula is C16H20ClN3O. The minimum atomic E-state index is 0.127. The monoisotopic (exact) mass is 305 g/mol. The maximum Gasteiger partial charge on any atom is 0.220 e. The van der Waals surface area contributed by atoms with E-state index in [9.17, 15) is 4.79 Å². The number of nitrogens with one attached hydrogen (secondary N) is 1. The van der Waals surface area contributed by atoms with Crippen LogP contribution in [0.25, 0.3) is 0 Å². The number of piperidine rings is 1. The van der Waals surface area contributed by atoms with E-state index in [4.69, 9.17) is 16.9 Å². The molecular weight excluding hydrogens is 286 g/mol. The number of benzene rings is 1. The Labute approximate surface area is 130 Å². The van der Waals surface area contributed by atoms with Gasteiger partial charge in [-0.15, -0.1) is 0 Å². The summed E-state index contributed by atoms with van der Waals surface area (Å²) in [5.74, 6) is 0.127. The molecule has 1 heterocycles. The Hall–Kier alpha value is -1.73. The van der Waals surface area contributed by atoms with Gasteiger partial charge in [0.1, 0.15) is 6.07 Å². The Morgan fingerprint density at radius 3 is 3.05 bits per heavy atom. The molecule has 1 aromatic rings. The summed E-state index contributed by atoms with van der Waals surface area (Å²) in [4.78, 5) is 13.9. The highest BCUT2D eigenvalue weighted by Crippen LogP contribution is 2.25. The zero-order chi connectivity index (χ0) is 15.2. The van der Waals surface area contributed by atoms with Gasteiger partial charge in [0, 0.05) is 31.2 Å². The zero-order valence-electron chi connectivity index (χ0n) is 12.2. The van der Waals surface area contributed by atoms with Crippen LogP contribution in [0.5, 0.6) is 0 Å². The fraction of sp³-hybridized carbons (Fsp3) is 0.500. The van der Waals surface area contributed by atoms with E-state index >= 15 is 0 Å². The van der Waals surface area contributed by atoms with Gasteiger partial charge in [-0.05, 0) is 37.5 Å². The van der Waals surface area contributed by atoms with Gasteiger partial charge < -0.3 is 10.2 Å². The summed E-state index contributed by atoms with van der Waals surface area (Å²) in [6.07, 6.45) is 3.50. The van der Waals surface area contributed by atoms with Crippen molar-refractivity contribution in [2.24, 2.45) is 0 Å². The Balaban J connectivity index is 2.02. The van der Waals surface area contributed by atoms with Crippen LogP contribution in [0, 0.1) is 11.3 Å². The Morgan fingerprint density at radius 1 is 1.57 bits per heavy atom. The zero-order valence-corrected chi connectivity index (χ0v) is 13.0. The molecule has 0 aliphatic carbocycles. The largest absolute Gasteiger partial charge is 0.369 e. The number of rotatable bonds is 4. The van der Waals surface area contributed by atoms with E-state index in [0.717, 1.165) is 38.0 Å². The van der Waals surface area contributed by atoms with Crippen LogP contribution < -0.4 is 10.2 Å². The van der Waals surface area contributed by atoms with E-state index in [0.29, 0.717) is 17.0 Å². The molecule has 4 nitrogen and oxygen atoms in total. The first-order valence-electron chi connectivity index (χ1n) is 7.38. The molecule has 1 aliphatic heterocycles. The Kier molecular flexibility index (Phi) is 5.46. The van der Waals surface area contributed by atoms with Gasteiger partial charge in [-0.3, -0.25) is 4.79 Å². The molecule has 0 bridgehead atoms. The van der Waals surface area contributed by atoms with Crippen LogP contribution in [0.3, 0.4) is 0 Å². The van der Waals surface area contributed by atoms with E-state index in [-0.39, 0.29) is 11.9 Å². The second kappa shape index (κ2) is 7.33. The van der Waals surface area contributed by atoms with Crippen molar-refractivity contribution in [3.05, 3.63) is 28.8 Å². The molecule has 0 radical (unpaired) electrons. The van der Waals surface area contributed by atoms with E-state index in [1.807, 2.05) is 19.1 Å². The second-order valence-electron chi connectivity index (χ2n) is 5.38. The van der Waals surface area contributed by atoms with Gasteiger partial charge >= 0.3 is 0 Å². The van der Waals surface area contributed by atoms with Crippen molar-refractivity contribution in [1.29, 1.82) is 5.26 Å². The maximum absolute atomic E-state index is 11.7. The quantitative estimate of drug-likeness (QED) is 0.930. The molecule has 0 saturated carbocycles. The summed E-state index contributed by atoms with van der Waals surface area (Å²) >= 11 is 6.09. The van der Waals surface area contributed by atoms with Crippen LogP contribution in [-0.2, 0) is 4.79 Å². The van der Waals surface area contributed by atoms with E-state index < -0.39 is 0 Å². The molecule has 1 saturated heterocycles. The van der Waals surface area contributed by atoms with Crippen LogP contribution in [0.2, 0.25) is 5.02 Å². The molecule has 1 unspecified atom stereocenters. The molecule has 1 atom stereocenters. The first-order chi connectivity index (χ1) is 10.1. The highest BCUT2D eigenvalue weighted by Gasteiger charge is 2.21. The molecule has 1 fully saturated rings. The lowest BCUT2D eigenvalue weighted by Crippen LogP contribution is -2.47. The molecule has 1 amide bonds. The molecule has 0 aromatic heterocycles. The van der Waals surface area contributed by atoms with E-state index in [1.54, 1.807) is 6.07 Å². The third kappa shape index (κ3) is 4.12. The number of nitrogens with zero attached hydrogens (tertiary/aromatic N) is 2. The highest BCUT2D eigenvalue weighted by atomic mass is 35.5. The minimum Gasteiger partial charge on any atom is -0.369 e. The summed E-state index contributed by atoms with van der Waals surface area (Å²) in [7, 11) is 0. The number of carbonyl (C=O) groups excluding carboxylic acids is 1. The van der Waals surface area contributed by atoms with E-state index in [2.05, 4.69) is 16.3 Å². The van der Waals surface area contributed by atoms with Gasteiger partial charge in [-0.25, -0.2) is 0 Å². The number of anilines is 1. The predicted molar refractivity (Wildman–Crippen MR) is 84.5 cm³/mol. The second-order valence-corrected chi connectivity index (χ2v) is 5.79. The lowest BCUT2D eigenvalue weighted by atomic mass is 10.0. The number of hydrogen-bond acceptors (Lipinski definition) is 3. The Bertz CT molecular complexity index is 553. The number of halogens is 1. The van der Waals surface area contributed by atoms with Crippen molar-refractivity contribution in [3.8, 4) is 6.07 Å². The lowest BCUT2D eigenvalue weighted by Gasteiger charge is -2.35. The normalized spacial score (nSPS) is 18.1. The van der Waals surface area contributed by atoms with Crippen molar-refractivity contribution >= 4 is 23.2 Å². The van der Waals surface area contributed by atoms with Crippen molar-refractivity contribution in [2.75, 3.05) is 18.0 Å². The van der Waals surface area contributed by atoms with Crippen molar-refractivity contribution < 1.29 is 4.79 Å². The van der Waals surface area contributed by atoms with Crippen molar-refractivity contribution in [3.63, 3.8) is 0 Å². The molecule has 1 aromatic carbocycles. The summed E-state index contributed by atoms with van der Waals surface area (Å²) < 4.78 is 0. The van der Waals surface area contributed by atoms with Gasteiger partial charge in [0.15, 0.2) is 0 Å². The SMILES string of the molecule is CCCC(=O)NC1CCCN(c2ccc(C#N)c(Cl)c2)C1. The first-order valence-corrected chi connectivity index (χ1v) is 7.75. The maximum atomic E-state index is 11.7. The van der Waals surface area contributed by atoms with Crippen molar-refractivity contribution in [1.82, 2.24) is 5.32 Å². The number of hydrogen-bond donors (Lipinski definition) is 1. The summed E-state index contributed by atoms with van der Waals surface area (Å²) in [6.45, 7) is 3.74.